The number of benzene rings is 2. The Kier molecular flexibility index (Phi) is 6.89. The summed E-state index contributed by atoms with van der Waals surface area (Å²) in [5.41, 5.74) is 2.22. The smallest absolute Gasteiger partial charge is 0.257 e. The highest BCUT2D eigenvalue weighted by Gasteiger charge is 2.27. The zero-order valence-corrected chi connectivity index (χ0v) is 19.4. The van der Waals surface area contributed by atoms with E-state index in [0.29, 0.717) is 24.7 Å². The molecular formula is C22H22ClN5O4S. The molecule has 9 nitrogen and oxygen atoms in total. The molecule has 0 atom stereocenters. The van der Waals surface area contributed by atoms with E-state index >= 15 is 0 Å². The van der Waals surface area contributed by atoms with Crippen LogP contribution in [-0.2, 0) is 14.8 Å². The lowest BCUT2D eigenvalue weighted by atomic mass is 10.2. The molecule has 0 spiro atoms. The van der Waals surface area contributed by atoms with Crippen LogP contribution in [0.5, 0.6) is 0 Å². The first kappa shape index (κ1) is 23.1. The van der Waals surface area contributed by atoms with Gasteiger partial charge in [-0.15, -0.1) is 0 Å². The largest absolute Gasteiger partial charge is 0.379 e. The summed E-state index contributed by atoms with van der Waals surface area (Å²) < 4.78 is 32.4. The quantitative estimate of drug-likeness (QED) is 0.547. The number of carbonyl (C=O) groups excluding carboxylic acids is 1. The average Bonchev–Trinajstić information content (AvgIpc) is 2.81. The van der Waals surface area contributed by atoms with E-state index in [1.165, 1.54) is 28.8 Å². The number of hydrogen-bond acceptors (Lipinski definition) is 7. The summed E-state index contributed by atoms with van der Waals surface area (Å²) in [4.78, 5) is 21.1. The average molecular weight is 488 g/mol. The van der Waals surface area contributed by atoms with Crippen LogP contribution in [0.4, 0.5) is 17.2 Å². The van der Waals surface area contributed by atoms with Gasteiger partial charge in [0.1, 0.15) is 12.1 Å². The van der Waals surface area contributed by atoms with Crippen LogP contribution in [0.3, 0.4) is 0 Å². The van der Waals surface area contributed by atoms with Crippen molar-refractivity contribution in [3.8, 4) is 0 Å². The number of hydrogen-bond donors (Lipinski definition) is 2. The minimum Gasteiger partial charge on any atom is -0.379 e. The maximum atomic E-state index is 12.9. The lowest BCUT2D eigenvalue weighted by Gasteiger charge is -2.26. The van der Waals surface area contributed by atoms with Crippen LogP contribution in [-0.4, -0.2) is 54.9 Å². The molecule has 0 saturated carbocycles. The zero-order valence-electron chi connectivity index (χ0n) is 17.8. The van der Waals surface area contributed by atoms with E-state index in [4.69, 9.17) is 16.3 Å². The van der Waals surface area contributed by atoms with E-state index in [0.717, 1.165) is 11.4 Å². The number of carbonyl (C=O) groups is 1. The fourth-order valence-corrected chi connectivity index (χ4v) is 4.92. The maximum Gasteiger partial charge on any atom is 0.257 e. The maximum absolute atomic E-state index is 12.9. The molecule has 1 saturated heterocycles. The zero-order chi connectivity index (χ0) is 23.4. The Morgan fingerprint density at radius 1 is 1.03 bits per heavy atom. The third-order valence-corrected chi connectivity index (χ3v) is 7.23. The number of amides is 1. The van der Waals surface area contributed by atoms with Crippen LogP contribution < -0.4 is 10.6 Å². The number of ether oxygens (including phenoxy) is 1. The molecule has 1 aliphatic rings. The Balaban J connectivity index is 1.48. The molecule has 1 fully saturated rings. The predicted octanol–water partition coefficient (Wildman–Crippen LogP) is 3.46. The van der Waals surface area contributed by atoms with Gasteiger partial charge >= 0.3 is 0 Å². The molecule has 33 heavy (non-hydrogen) atoms. The first-order valence-corrected chi connectivity index (χ1v) is 12.0. The summed E-state index contributed by atoms with van der Waals surface area (Å²) in [5.74, 6) is 0.149. The van der Waals surface area contributed by atoms with Crippen molar-refractivity contribution in [1.29, 1.82) is 0 Å². The third kappa shape index (κ3) is 5.48. The second-order valence-electron chi connectivity index (χ2n) is 7.36. The number of aryl methyl sites for hydroxylation is 1. The van der Waals surface area contributed by atoms with Crippen LogP contribution >= 0.6 is 11.6 Å². The predicted molar refractivity (Wildman–Crippen MR) is 125 cm³/mol. The third-order valence-electron chi connectivity index (χ3n) is 5.01. The van der Waals surface area contributed by atoms with Gasteiger partial charge in [0, 0.05) is 36.2 Å². The minimum absolute atomic E-state index is 0.0126. The monoisotopic (exact) mass is 487 g/mol. The topological polar surface area (TPSA) is 114 Å². The lowest BCUT2D eigenvalue weighted by Crippen LogP contribution is -2.40. The summed E-state index contributed by atoms with van der Waals surface area (Å²) in [7, 11) is -3.75. The van der Waals surface area contributed by atoms with Crippen LogP contribution in [0, 0.1) is 6.92 Å². The highest BCUT2D eigenvalue weighted by molar-refractivity contribution is 7.89. The molecule has 1 aromatic heterocycles. The number of sulfonamides is 1. The van der Waals surface area contributed by atoms with Crippen LogP contribution in [0.2, 0.25) is 5.02 Å². The van der Waals surface area contributed by atoms with Gasteiger partial charge in [0.25, 0.3) is 5.91 Å². The summed E-state index contributed by atoms with van der Waals surface area (Å²) in [6.45, 7) is 3.07. The van der Waals surface area contributed by atoms with Gasteiger partial charge in [0.15, 0.2) is 0 Å². The number of halogens is 1. The molecule has 2 heterocycles. The van der Waals surface area contributed by atoms with Crippen molar-refractivity contribution in [2.75, 3.05) is 36.9 Å². The fraction of sp³-hybridized carbons (Fsp3) is 0.227. The molecule has 4 rings (SSSR count). The Bertz CT molecular complexity index is 1260. The summed E-state index contributed by atoms with van der Waals surface area (Å²) in [6, 6.07) is 12.9. The Labute approximate surface area is 196 Å². The molecular weight excluding hydrogens is 466 g/mol. The van der Waals surface area contributed by atoms with Crippen LogP contribution in [0.1, 0.15) is 16.1 Å². The molecule has 0 bridgehead atoms. The molecule has 3 aromatic rings. The van der Waals surface area contributed by atoms with E-state index < -0.39 is 15.9 Å². The number of aromatic nitrogens is 2. The molecule has 1 aliphatic heterocycles. The molecule has 2 aromatic carbocycles. The summed E-state index contributed by atoms with van der Waals surface area (Å²) in [6.07, 6.45) is 1.48. The lowest BCUT2D eigenvalue weighted by molar-refractivity contribution is 0.0730. The first-order chi connectivity index (χ1) is 15.8. The molecule has 172 valence electrons. The van der Waals surface area contributed by atoms with Crippen LogP contribution in [0.25, 0.3) is 0 Å². The van der Waals surface area contributed by atoms with E-state index in [1.54, 1.807) is 24.3 Å². The molecule has 2 N–H and O–H groups in total. The van der Waals surface area contributed by atoms with Crippen molar-refractivity contribution >= 4 is 44.7 Å². The number of nitrogens with one attached hydrogen (secondary N) is 2. The number of anilines is 3. The fourth-order valence-electron chi connectivity index (χ4n) is 3.28. The molecule has 0 aliphatic carbocycles. The standard InChI is InChI=1S/C22H22ClN5O4S/c1-15-12-21(25-14-24-15)26-16-2-4-17(5-3-16)27-22(29)19-13-18(6-7-20(19)23)33(30,31)28-8-10-32-11-9-28/h2-7,12-14H,8-11H2,1H3,(H,27,29)(H,24,25,26). The number of morpholine rings is 1. The highest BCUT2D eigenvalue weighted by Crippen LogP contribution is 2.25. The number of rotatable bonds is 6. The van der Waals surface area contributed by atoms with Crippen molar-refractivity contribution in [3.05, 3.63) is 71.1 Å². The van der Waals surface area contributed by atoms with Gasteiger partial charge in [-0.1, -0.05) is 11.6 Å². The van der Waals surface area contributed by atoms with E-state index in [-0.39, 0.29) is 28.6 Å². The van der Waals surface area contributed by atoms with Gasteiger partial charge < -0.3 is 15.4 Å². The van der Waals surface area contributed by atoms with E-state index in [1.807, 2.05) is 13.0 Å². The molecule has 1 amide bonds. The minimum atomic E-state index is -3.75. The van der Waals surface area contributed by atoms with Crippen molar-refractivity contribution in [2.45, 2.75) is 11.8 Å². The highest BCUT2D eigenvalue weighted by atomic mass is 35.5. The van der Waals surface area contributed by atoms with Gasteiger partial charge in [0.05, 0.1) is 28.7 Å². The molecule has 11 heteroatoms. The second-order valence-corrected chi connectivity index (χ2v) is 9.70. The second kappa shape index (κ2) is 9.84. The van der Waals surface area contributed by atoms with Crippen molar-refractivity contribution in [3.63, 3.8) is 0 Å². The number of nitrogens with zero attached hydrogens (tertiary/aromatic N) is 3. The van der Waals surface area contributed by atoms with Crippen molar-refractivity contribution in [1.82, 2.24) is 14.3 Å². The van der Waals surface area contributed by atoms with E-state index in [9.17, 15) is 13.2 Å². The summed E-state index contributed by atoms with van der Waals surface area (Å²) in [5, 5.41) is 6.07. The van der Waals surface area contributed by atoms with Crippen molar-refractivity contribution in [2.24, 2.45) is 0 Å². The SMILES string of the molecule is Cc1cc(Nc2ccc(NC(=O)c3cc(S(=O)(=O)N4CCOCC4)ccc3Cl)cc2)ncn1. The van der Waals surface area contributed by atoms with Gasteiger partial charge in [0.2, 0.25) is 10.0 Å². The van der Waals surface area contributed by atoms with Gasteiger partial charge in [-0.25, -0.2) is 18.4 Å². The Morgan fingerprint density at radius 3 is 2.42 bits per heavy atom. The normalized spacial score (nSPS) is 14.6. The van der Waals surface area contributed by atoms with Crippen molar-refractivity contribution < 1.29 is 17.9 Å². The van der Waals surface area contributed by atoms with E-state index in [2.05, 4.69) is 20.6 Å². The Morgan fingerprint density at radius 2 is 1.73 bits per heavy atom. The Hall–Kier alpha value is -3.05. The molecule has 0 radical (unpaired) electrons. The van der Waals surface area contributed by atoms with Gasteiger partial charge in [-0.3, -0.25) is 4.79 Å². The first-order valence-electron chi connectivity index (χ1n) is 10.2. The van der Waals surface area contributed by atoms with Crippen LogP contribution in [0.15, 0.2) is 59.8 Å². The molecule has 0 unspecified atom stereocenters. The summed E-state index contributed by atoms with van der Waals surface area (Å²) >= 11 is 6.21. The van der Waals surface area contributed by atoms with Gasteiger partial charge in [-0.2, -0.15) is 4.31 Å². The van der Waals surface area contributed by atoms with Gasteiger partial charge in [-0.05, 0) is 49.4 Å².